The van der Waals surface area contributed by atoms with Crippen LogP contribution < -0.4 is 25.8 Å². The molecule has 0 radical (unpaired) electrons. The number of fused-ring (bicyclic) bond motifs is 2. The van der Waals surface area contributed by atoms with Gasteiger partial charge in [-0.2, -0.15) is 0 Å². The fraction of sp³-hybridized carbons (Fsp3) is 0.417. The SMILES string of the molecule is O=C1CC[C@H](N2C(=O)c3cccc(N4CCC5(CC4)CC(N4CCN(c6ccc(Nc7ncnc8c7ncn8C7CC(NC(=O)Cc8ccccc8)C7)cc6)CC4)C5)c3C2=O)C(=O)N1. The van der Waals surface area contributed by atoms with E-state index in [0.717, 1.165) is 98.0 Å². The molecular weight excluding hydrogens is 811 g/mol. The van der Waals surface area contributed by atoms with E-state index in [9.17, 15) is 24.0 Å². The van der Waals surface area contributed by atoms with Crippen LogP contribution in [0.5, 0.6) is 0 Å². The fourth-order valence-corrected chi connectivity index (χ4v) is 11.0. The van der Waals surface area contributed by atoms with E-state index in [1.807, 2.05) is 48.8 Å². The number of aromatic nitrogens is 4. The molecule has 4 aliphatic heterocycles. The van der Waals surface area contributed by atoms with E-state index in [2.05, 4.69) is 69.5 Å². The van der Waals surface area contributed by atoms with Gasteiger partial charge in [0.2, 0.25) is 17.7 Å². The number of carbonyl (C=O) groups excluding carboxylic acids is 5. The number of benzene rings is 3. The Morgan fingerprint density at radius 1 is 0.781 bits per heavy atom. The van der Waals surface area contributed by atoms with Gasteiger partial charge in [0, 0.05) is 75.2 Å². The summed E-state index contributed by atoms with van der Waals surface area (Å²) >= 11 is 0. The monoisotopic (exact) mass is 861 g/mol. The molecule has 11 rings (SSSR count). The first-order valence-electron chi connectivity index (χ1n) is 22.7. The molecule has 0 bridgehead atoms. The second kappa shape index (κ2) is 16.1. The molecule has 5 fully saturated rings. The Morgan fingerprint density at radius 3 is 2.30 bits per heavy atom. The van der Waals surface area contributed by atoms with Gasteiger partial charge in [0.1, 0.15) is 12.4 Å². The predicted octanol–water partition coefficient (Wildman–Crippen LogP) is 4.60. The van der Waals surface area contributed by atoms with Crippen molar-refractivity contribution in [2.75, 3.05) is 54.4 Å². The van der Waals surface area contributed by atoms with Crippen molar-refractivity contribution in [2.45, 2.75) is 82.0 Å². The average molecular weight is 862 g/mol. The van der Waals surface area contributed by atoms with Gasteiger partial charge < -0.3 is 25.0 Å². The molecule has 6 aliphatic rings. The van der Waals surface area contributed by atoms with E-state index in [1.54, 1.807) is 12.4 Å². The van der Waals surface area contributed by atoms with Crippen LogP contribution in [0, 0.1) is 5.41 Å². The maximum atomic E-state index is 13.7. The summed E-state index contributed by atoms with van der Waals surface area (Å²) in [6.45, 7) is 5.60. The maximum absolute atomic E-state index is 13.7. The van der Waals surface area contributed by atoms with Crippen LogP contribution >= 0.6 is 0 Å². The zero-order chi connectivity index (χ0) is 43.5. The molecule has 2 saturated carbocycles. The molecule has 1 atom stereocenters. The van der Waals surface area contributed by atoms with Crippen molar-refractivity contribution >= 4 is 63.6 Å². The summed E-state index contributed by atoms with van der Waals surface area (Å²) in [5.74, 6) is -1.18. The minimum atomic E-state index is -0.970. The first kappa shape index (κ1) is 40.1. The number of piperazine rings is 1. The number of piperidine rings is 2. The summed E-state index contributed by atoms with van der Waals surface area (Å²) in [5.41, 5.74) is 6.40. The fourth-order valence-electron chi connectivity index (χ4n) is 11.0. The zero-order valence-electron chi connectivity index (χ0n) is 35.6. The van der Waals surface area contributed by atoms with Crippen molar-refractivity contribution < 1.29 is 24.0 Å². The molecule has 3 N–H and O–H groups in total. The third-order valence-electron chi connectivity index (χ3n) is 14.7. The topological polar surface area (TPSA) is 178 Å². The number of anilines is 4. The van der Waals surface area contributed by atoms with E-state index in [4.69, 9.17) is 4.98 Å². The highest BCUT2D eigenvalue weighted by Gasteiger charge is 2.50. The van der Waals surface area contributed by atoms with Crippen LogP contribution in [0.4, 0.5) is 22.9 Å². The number of rotatable bonds is 10. The first-order valence-corrected chi connectivity index (χ1v) is 22.7. The van der Waals surface area contributed by atoms with Crippen LogP contribution in [0.3, 0.4) is 0 Å². The van der Waals surface area contributed by atoms with Gasteiger partial charge in [-0.05, 0) is 92.3 Å². The third-order valence-corrected chi connectivity index (χ3v) is 14.7. The Balaban J connectivity index is 0.644. The number of nitrogens with zero attached hydrogens (tertiary/aromatic N) is 8. The van der Waals surface area contributed by atoms with Crippen LogP contribution in [0.2, 0.25) is 0 Å². The van der Waals surface area contributed by atoms with Gasteiger partial charge in [0.25, 0.3) is 11.8 Å². The maximum Gasteiger partial charge on any atom is 0.264 e. The lowest BCUT2D eigenvalue weighted by Gasteiger charge is -2.56. The van der Waals surface area contributed by atoms with Gasteiger partial charge >= 0.3 is 0 Å². The minimum Gasteiger partial charge on any atom is -0.371 e. The molecule has 2 aliphatic carbocycles. The second-order valence-electron chi connectivity index (χ2n) is 18.5. The van der Waals surface area contributed by atoms with E-state index in [1.165, 1.54) is 18.5 Å². The average Bonchev–Trinajstić information content (AvgIpc) is 3.83. The molecule has 3 saturated heterocycles. The first-order chi connectivity index (χ1) is 31.2. The normalized spacial score (nSPS) is 23.5. The summed E-state index contributed by atoms with van der Waals surface area (Å²) < 4.78 is 2.10. The van der Waals surface area contributed by atoms with Crippen molar-refractivity contribution in [3.05, 3.63) is 102 Å². The minimum absolute atomic E-state index is 0.0461. The highest BCUT2D eigenvalue weighted by Crippen LogP contribution is 2.52. The molecule has 6 heterocycles. The van der Waals surface area contributed by atoms with E-state index in [-0.39, 0.29) is 36.7 Å². The van der Waals surface area contributed by atoms with Crippen LogP contribution in [0.25, 0.3) is 11.2 Å². The van der Waals surface area contributed by atoms with Crippen LogP contribution in [0.15, 0.2) is 85.5 Å². The van der Waals surface area contributed by atoms with Crippen molar-refractivity contribution in [3.8, 4) is 0 Å². The Kier molecular flexibility index (Phi) is 10.1. The van der Waals surface area contributed by atoms with Gasteiger partial charge in [-0.25, -0.2) is 15.0 Å². The third kappa shape index (κ3) is 7.32. The van der Waals surface area contributed by atoms with Crippen molar-refractivity contribution in [2.24, 2.45) is 5.41 Å². The molecule has 3 aromatic carbocycles. The number of imide groups is 2. The smallest absolute Gasteiger partial charge is 0.264 e. The number of imidazole rings is 1. The van der Waals surface area contributed by atoms with Crippen LogP contribution in [-0.2, 0) is 20.8 Å². The molecule has 64 heavy (non-hydrogen) atoms. The van der Waals surface area contributed by atoms with Gasteiger partial charge in [-0.3, -0.25) is 39.1 Å². The molecule has 16 heteroatoms. The Bertz CT molecular complexity index is 2640. The predicted molar refractivity (Wildman–Crippen MR) is 239 cm³/mol. The Labute approximate surface area is 370 Å². The highest BCUT2D eigenvalue weighted by molar-refractivity contribution is 6.25. The lowest BCUT2D eigenvalue weighted by atomic mass is 9.60. The van der Waals surface area contributed by atoms with Gasteiger partial charge in [-0.1, -0.05) is 36.4 Å². The van der Waals surface area contributed by atoms with Crippen molar-refractivity contribution in [1.29, 1.82) is 0 Å². The van der Waals surface area contributed by atoms with Crippen LogP contribution in [-0.4, -0.2) is 116 Å². The lowest BCUT2D eigenvalue weighted by Crippen LogP contribution is -2.59. The van der Waals surface area contributed by atoms with Gasteiger partial charge in [0.05, 0.1) is 29.6 Å². The second-order valence-corrected chi connectivity index (χ2v) is 18.5. The summed E-state index contributed by atoms with van der Waals surface area (Å²) in [5, 5.41) is 8.92. The van der Waals surface area contributed by atoms with Gasteiger partial charge in [-0.15, -0.1) is 0 Å². The molecule has 328 valence electrons. The number of carbonyl (C=O) groups is 5. The highest BCUT2D eigenvalue weighted by atomic mass is 16.2. The van der Waals surface area contributed by atoms with Gasteiger partial charge in [0.15, 0.2) is 17.0 Å². The quantitative estimate of drug-likeness (QED) is 0.167. The number of nitrogens with one attached hydrogen (secondary N) is 3. The molecular formula is C48H51N11O5. The van der Waals surface area contributed by atoms with Crippen molar-refractivity contribution in [1.82, 2.24) is 40.0 Å². The summed E-state index contributed by atoms with van der Waals surface area (Å²) in [6, 6.07) is 23.7. The lowest BCUT2D eigenvalue weighted by molar-refractivity contribution is -0.136. The zero-order valence-corrected chi connectivity index (χ0v) is 35.6. The van der Waals surface area contributed by atoms with Crippen LogP contribution in [0.1, 0.15) is 83.7 Å². The summed E-state index contributed by atoms with van der Waals surface area (Å²) in [7, 11) is 0. The number of hydrogen-bond donors (Lipinski definition) is 3. The van der Waals surface area contributed by atoms with E-state index >= 15 is 0 Å². The molecule has 5 aromatic rings. The van der Waals surface area contributed by atoms with E-state index in [0.29, 0.717) is 34.8 Å². The molecule has 5 amide bonds. The summed E-state index contributed by atoms with van der Waals surface area (Å²) in [4.78, 5) is 86.3. The Hall–Kier alpha value is -6.68. The Morgan fingerprint density at radius 2 is 1.55 bits per heavy atom. The molecule has 2 aromatic heterocycles. The van der Waals surface area contributed by atoms with E-state index < -0.39 is 23.8 Å². The number of hydrogen-bond acceptors (Lipinski definition) is 12. The molecule has 16 nitrogen and oxygen atoms in total. The number of amides is 5. The molecule has 1 spiro atoms. The molecule has 0 unspecified atom stereocenters. The largest absolute Gasteiger partial charge is 0.371 e. The van der Waals surface area contributed by atoms with Crippen molar-refractivity contribution in [3.63, 3.8) is 0 Å². The summed E-state index contributed by atoms with van der Waals surface area (Å²) in [6.07, 6.45) is 10.1. The standard InChI is InChI=1S/C48H51N11O5/c60-39-14-13-38(45(62)54-39)59-46(63)36-7-4-8-37(41(36)47(59)64)57-17-15-48(16-18-57)26-35(27-48)56-21-19-55(20-22-56)33-11-9-31(10-12-33)53-43-42-44(50-28-49-43)58(29-51-42)34-24-32(25-34)52-40(61)23-30-5-2-1-3-6-30/h1-12,28-29,32,34-35,38H,13-27H2,(H,52,61)(H,49,50,53)(H,54,60,62)/t32?,34?,38-/m0/s1.